The van der Waals surface area contributed by atoms with Crippen molar-refractivity contribution >= 4 is 17.3 Å². The molecule has 15 heavy (non-hydrogen) atoms. The monoisotopic (exact) mass is 222 g/mol. The fraction of sp³-hybridized carbons (Fsp3) is 0.250. The zero-order valence-corrected chi connectivity index (χ0v) is 9.67. The summed E-state index contributed by atoms with van der Waals surface area (Å²) < 4.78 is 0. The second-order valence-corrected chi connectivity index (χ2v) is 3.61. The third-order valence-corrected chi connectivity index (χ3v) is 2.27. The van der Waals surface area contributed by atoms with Gasteiger partial charge in [0.1, 0.15) is 5.15 Å². The Hall–Kier alpha value is -1.28. The Morgan fingerprint density at radius 1 is 1.33 bits per heavy atom. The van der Waals surface area contributed by atoms with Crippen LogP contribution in [0.4, 0.5) is 5.69 Å². The van der Waals surface area contributed by atoms with E-state index >= 15 is 0 Å². The predicted molar refractivity (Wildman–Crippen MR) is 66.6 cm³/mol. The summed E-state index contributed by atoms with van der Waals surface area (Å²) in [5, 5.41) is 0.522. The van der Waals surface area contributed by atoms with Crippen molar-refractivity contribution in [1.82, 2.24) is 4.98 Å². The first-order valence-electron chi connectivity index (χ1n) is 4.79. The maximum absolute atomic E-state index is 5.81. The van der Waals surface area contributed by atoms with Gasteiger partial charge in [-0.15, -0.1) is 13.2 Å². The molecule has 1 aromatic heterocycles. The Morgan fingerprint density at radius 3 is 2.40 bits per heavy atom. The molecule has 0 N–H and O–H groups in total. The minimum Gasteiger partial charge on any atom is -0.363 e. The van der Waals surface area contributed by atoms with Crippen LogP contribution < -0.4 is 4.90 Å². The van der Waals surface area contributed by atoms with Gasteiger partial charge in [-0.1, -0.05) is 23.8 Å². The summed E-state index contributed by atoms with van der Waals surface area (Å²) >= 11 is 5.81. The van der Waals surface area contributed by atoms with E-state index in [1.165, 1.54) is 0 Å². The normalized spacial score (nSPS) is 9.73. The van der Waals surface area contributed by atoms with Gasteiger partial charge in [0, 0.05) is 13.1 Å². The van der Waals surface area contributed by atoms with Gasteiger partial charge in [-0.05, 0) is 19.1 Å². The lowest BCUT2D eigenvalue weighted by Gasteiger charge is -2.22. The number of halogens is 1. The highest BCUT2D eigenvalue weighted by molar-refractivity contribution is 6.29. The summed E-state index contributed by atoms with van der Waals surface area (Å²) in [6, 6.07) is 3.76. The quantitative estimate of drug-likeness (QED) is 0.562. The van der Waals surface area contributed by atoms with Crippen LogP contribution in [0.3, 0.4) is 0 Å². The van der Waals surface area contributed by atoms with Crippen LogP contribution in [0.5, 0.6) is 0 Å². The molecule has 0 saturated heterocycles. The van der Waals surface area contributed by atoms with Crippen LogP contribution in [0.1, 0.15) is 5.69 Å². The van der Waals surface area contributed by atoms with Crippen molar-refractivity contribution in [3.63, 3.8) is 0 Å². The number of anilines is 1. The summed E-state index contributed by atoms with van der Waals surface area (Å²) in [5.41, 5.74) is 1.99. The Labute approximate surface area is 95.9 Å². The number of rotatable bonds is 5. The van der Waals surface area contributed by atoms with Crippen molar-refractivity contribution in [3.05, 3.63) is 48.3 Å². The molecule has 0 atom stereocenters. The van der Waals surface area contributed by atoms with Crippen LogP contribution in [0, 0.1) is 6.92 Å². The first-order chi connectivity index (χ1) is 7.19. The van der Waals surface area contributed by atoms with Crippen molar-refractivity contribution in [2.24, 2.45) is 0 Å². The summed E-state index contributed by atoms with van der Waals surface area (Å²) in [5.74, 6) is 0. The molecule has 80 valence electrons. The molecular weight excluding hydrogens is 208 g/mol. The maximum atomic E-state index is 5.81. The van der Waals surface area contributed by atoms with Crippen molar-refractivity contribution in [2.75, 3.05) is 18.0 Å². The first-order valence-corrected chi connectivity index (χ1v) is 5.16. The Balaban J connectivity index is 2.98. The Morgan fingerprint density at radius 2 is 1.93 bits per heavy atom. The smallest absolute Gasteiger partial charge is 0.129 e. The maximum Gasteiger partial charge on any atom is 0.129 e. The number of hydrogen-bond donors (Lipinski definition) is 0. The largest absolute Gasteiger partial charge is 0.363 e. The lowest BCUT2D eigenvalue weighted by Crippen LogP contribution is -2.24. The van der Waals surface area contributed by atoms with Gasteiger partial charge in [-0.25, -0.2) is 4.98 Å². The molecule has 0 saturated carbocycles. The van der Waals surface area contributed by atoms with E-state index in [9.17, 15) is 0 Å². The molecular formula is C12H15ClN2. The average molecular weight is 223 g/mol. The molecule has 2 nitrogen and oxygen atoms in total. The minimum atomic E-state index is 0.522. The van der Waals surface area contributed by atoms with Crippen LogP contribution in [-0.4, -0.2) is 18.1 Å². The topological polar surface area (TPSA) is 16.1 Å². The highest BCUT2D eigenvalue weighted by Gasteiger charge is 2.07. The predicted octanol–water partition coefficient (Wildman–Crippen LogP) is 3.22. The van der Waals surface area contributed by atoms with Gasteiger partial charge in [-0.3, -0.25) is 0 Å². The second kappa shape index (κ2) is 5.56. The molecule has 0 aliphatic heterocycles. The lowest BCUT2D eigenvalue weighted by atomic mass is 10.2. The average Bonchev–Trinajstić information content (AvgIpc) is 2.17. The van der Waals surface area contributed by atoms with Crippen LogP contribution in [0.2, 0.25) is 5.15 Å². The fourth-order valence-corrected chi connectivity index (χ4v) is 1.63. The molecule has 0 radical (unpaired) electrons. The van der Waals surface area contributed by atoms with Gasteiger partial charge in [0.2, 0.25) is 0 Å². The van der Waals surface area contributed by atoms with Crippen molar-refractivity contribution < 1.29 is 0 Å². The molecule has 1 aromatic rings. The summed E-state index contributed by atoms with van der Waals surface area (Å²) in [7, 11) is 0. The highest BCUT2D eigenvalue weighted by Crippen LogP contribution is 2.20. The van der Waals surface area contributed by atoms with E-state index in [-0.39, 0.29) is 0 Å². The number of aryl methyl sites for hydroxylation is 1. The molecule has 1 rings (SSSR count). The summed E-state index contributed by atoms with van der Waals surface area (Å²) in [6.45, 7) is 11.0. The number of aromatic nitrogens is 1. The second-order valence-electron chi connectivity index (χ2n) is 3.22. The molecule has 3 heteroatoms. The Kier molecular flexibility index (Phi) is 4.37. The van der Waals surface area contributed by atoms with Gasteiger partial charge in [0.25, 0.3) is 0 Å². The first kappa shape index (κ1) is 11.8. The van der Waals surface area contributed by atoms with E-state index in [1.54, 1.807) is 6.07 Å². The van der Waals surface area contributed by atoms with Crippen molar-refractivity contribution in [3.8, 4) is 0 Å². The third kappa shape index (κ3) is 3.10. The van der Waals surface area contributed by atoms with E-state index in [4.69, 9.17) is 11.6 Å². The number of pyridine rings is 1. The minimum absolute atomic E-state index is 0.522. The zero-order valence-electron chi connectivity index (χ0n) is 8.91. The molecule has 0 aromatic carbocycles. The van der Waals surface area contributed by atoms with Crippen LogP contribution >= 0.6 is 11.6 Å². The van der Waals surface area contributed by atoms with Gasteiger partial charge in [0.05, 0.1) is 11.4 Å². The van der Waals surface area contributed by atoms with E-state index in [0.29, 0.717) is 5.15 Å². The standard InChI is InChI=1S/C12H15ClN2/c1-4-8-15(9-5-2)11-6-7-12(13)14-10(11)3/h4-7H,1-2,8-9H2,3H3. The third-order valence-electron chi connectivity index (χ3n) is 2.06. The fourth-order valence-electron chi connectivity index (χ4n) is 1.44. The SMILES string of the molecule is C=CCN(CC=C)c1ccc(Cl)nc1C. The van der Waals surface area contributed by atoms with Crippen molar-refractivity contribution in [2.45, 2.75) is 6.92 Å². The Bertz CT molecular complexity index is 351. The molecule has 0 aliphatic rings. The van der Waals surface area contributed by atoms with E-state index in [0.717, 1.165) is 24.5 Å². The molecule has 0 fully saturated rings. The molecule has 1 heterocycles. The molecule has 0 aliphatic carbocycles. The van der Waals surface area contributed by atoms with Crippen LogP contribution in [0.15, 0.2) is 37.4 Å². The van der Waals surface area contributed by atoms with E-state index < -0.39 is 0 Å². The molecule has 0 spiro atoms. The van der Waals surface area contributed by atoms with Gasteiger partial charge in [-0.2, -0.15) is 0 Å². The van der Waals surface area contributed by atoms with E-state index in [1.807, 2.05) is 25.1 Å². The summed E-state index contributed by atoms with van der Waals surface area (Å²) in [6.07, 6.45) is 3.72. The van der Waals surface area contributed by atoms with E-state index in [2.05, 4.69) is 23.0 Å². The van der Waals surface area contributed by atoms with Crippen molar-refractivity contribution in [1.29, 1.82) is 0 Å². The van der Waals surface area contributed by atoms with Crippen LogP contribution in [-0.2, 0) is 0 Å². The van der Waals surface area contributed by atoms with Gasteiger partial charge < -0.3 is 4.90 Å². The number of hydrogen-bond acceptors (Lipinski definition) is 2. The van der Waals surface area contributed by atoms with Gasteiger partial charge in [0.15, 0.2) is 0 Å². The molecule has 0 amide bonds. The number of nitrogens with zero attached hydrogens (tertiary/aromatic N) is 2. The summed E-state index contributed by atoms with van der Waals surface area (Å²) in [4.78, 5) is 6.35. The van der Waals surface area contributed by atoms with Crippen LogP contribution in [0.25, 0.3) is 0 Å². The highest BCUT2D eigenvalue weighted by atomic mass is 35.5. The lowest BCUT2D eigenvalue weighted by molar-refractivity contribution is 0.937. The molecule has 0 unspecified atom stereocenters. The zero-order chi connectivity index (χ0) is 11.3. The molecule has 0 bridgehead atoms. The van der Waals surface area contributed by atoms with Gasteiger partial charge >= 0.3 is 0 Å².